The van der Waals surface area contributed by atoms with Crippen LogP contribution in [0.3, 0.4) is 0 Å². The Hall–Kier alpha value is -3.43. The number of sulfonamides is 1. The molecule has 0 aliphatic rings. The van der Waals surface area contributed by atoms with E-state index in [9.17, 15) is 22.4 Å². The second-order valence-corrected chi connectivity index (χ2v) is 11.1. The minimum Gasteiger partial charge on any atom is -0.352 e. The van der Waals surface area contributed by atoms with Crippen molar-refractivity contribution in [3.05, 3.63) is 95.3 Å². The highest BCUT2D eigenvalue weighted by Crippen LogP contribution is 2.26. The Morgan fingerprint density at radius 2 is 1.51 bits per heavy atom. The van der Waals surface area contributed by atoms with Crippen molar-refractivity contribution >= 4 is 39.1 Å². The summed E-state index contributed by atoms with van der Waals surface area (Å²) in [7, 11) is -4.17. The zero-order valence-corrected chi connectivity index (χ0v) is 22.3. The molecule has 3 aromatic carbocycles. The van der Waals surface area contributed by atoms with Crippen molar-refractivity contribution in [2.75, 3.05) is 10.8 Å². The first-order chi connectivity index (χ1) is 17.5. The Labute approximate surface area is 221 Å². The standard InChI is InChI=1S/C27H29ClFN3O4S/c1-19(2)30-27(34)20(3)31(17-21-9-7-8-12-25(21)29)26(33)18-32(23-15-13-22(28)14-16-23)37(35,36)24-10-5-4-6-11-24/h4-16,19-20H,17-18H2,1-3H3,(H,30,34). The van der Waals surface area contributed by atoms with Gasteiger partial charge in [-0.25, -0.2) is 12.8 Å². The van der Waals surface area contributed by atoms with Crippen molar-refractivity contribution in [2.24, 2.45) is 0 Å². The second-order valence-electron chi connectivity index (χ2n) is 8.75. The number of hydrogen-bond donors (Lipinski definition) is 1. The molecule has 196 valence electrons. The molecule has 0 bridgehead atoms. The van der Waals surface area contributed by atoms with Crippen molar-refractivity contribution in [3.8, 4) is 0 Å². The molecule has 37 heavy (non-hydrogen) atoms. The molecule has 2 amide bonds. The van der Waals surface area contributed by atoms with Crippen LogP contribution in [-0.2, 0) is 26.2 Å². The van der Waals surface area contributed by atoms with E-state index < -0.39 is 40.2 Å². The quantitative estimate of drug-likeness (QED) is 0.403. The summed E-state index contributed by atoms with van der Waals surface area (Å²) in [6.07, 6.45) is 0. The van der Waals surface area contributed by atoms with Gasteiger partial charge in [-0.15, -0.1) is 0 Å². The van der Waals surface area contributed by atoms with Gasteiger partial charge < -0.3 is 10.2 Å². The monoisotopic (exact) mass is 545 g/mol. The number of rotatable bonds is 10. The van der Waals surface area contributed by atoms with Gasteiger partial charge in [0.05, 0.1) is 10.6 Å². The van der Waals surface area contributed by atoms with Crippen LogP contribution in [0.1, 0.15) is 26.3 Å². The van der Waals surface area contributed by atoms with Crippen LogP contribution < -0.4 is 9.62 Å². The van der Waals surface area contributed by atoms with Gasteiger partial charge in [-0.05, 0) is 63.2 Å². The molecule has 7 nitrogen and oxygen atoms in total. The van der Waals surface area contributed by atoms with Gasteiger partial charge in [0.15, 0.2) is 0 Å². The molecule has 1 unspecified atom stereocenters. The summed E-state index contributed by atoms with van der Waals surface area (Å²) in [5.74, 6) is -1.66. The fraction of sp³-hybridized carbons (Fsp3) is 0.259. The van der Waals surface area contributed by atoms with Crippen LogP contribution in [0.4, 0.5) is 10.1 Å². The third-order valence-corrected chi connectivity index (χ3v) is 7.66. The Kier molecular flexibility index (Phi) is 9.29. The minimum absolute atomic E-state index is 0.0102. The lowest BCUT2D eigenvalue weighted by atomic mass is 10.1. The average Bonchev–Trinajstić information content (AvgIpc) is 2.87. The van der Waals surface area contributed by atoms with Gasteiger partial charge in [0, 0.05) is 23.2 Å². The number of carbonyl (C=O) groups excluding carboxylic acids is 2. The van der Waals surface area contributed by atoms with Crippen LogP contribution in [0, 0.1) is 5.82 Å². The maximum atomic E-state index is 14.5. The molecule has 1 atom stereocenters. The average molecular weight is 546 g/mol. The largest absolute Gasteiger partial charge is 0.352 e. The molecule has 10 heteroatoms. The maximum absolute atomic E-state index is 14.5. The van der Waals surface area contributed by atoms with Crippen molar-refractivity contribution in [1.29, 1.82) is 0 Å². The van der Waals surface area contributed by atoms with E-state index in [2.05, 4.69) is 5.32 Å². The van der Waals surface area contributed by atoms with Crippen molar-refractivity contribution in [3.63, 3.8) is 0 Å². The predicted molar refractivity (Wildman–Crippen MR) is 142 cm³/mol. The van der Waals surface area contributed by atoms with Gasteiger partial charge in [0.1, 0.15) is 18.4 Å². The summed E-state index contributed by atoms with van der Waals surface area (Å²) >= 11 is 6.00. The number of nitrogens with one attached hydrogen (secondary N) is 1. The predicted octanol–water partition coefficient (Wildman–Crippen LogP) is 4.62. The highest BCUT2D eigenvalue weighted by molar-refractivity contribution is 7.92. The number of halogens is 2. The second kappa shape index (κ2) is 12.2. The summed E-state index contributed by atoms with van der Waals surface area (Å²) in [5.41, 5.74) is 0.413. The molecule has 0 saturated carbocycles. The van der Waals surface area contributed by atoms with E-state index in [1.54, 1.807) is 38.1 Å². The Morgan fingerprint density at radius 1 is 0.919 bits per heavy atom. The molecule has 0 aromatic heterocycles. The van der Waals surface area contributed by atoms with Crippen LogP contribution in [0.5, 0.6) is 0 Å². The number of carbonyl (C=O) groups is 2. The van der Waals surface area contributed by atoms with E-state index >= 15 is 0 Å². The van der Waals surface area contributed by atoms with Gasteiger partial charge in [-0.2, -0.15) is 0 Å². The molecule has 0 spiro atoms. The van der Waals surface area contributed by atoms with Crippen molar-refractivity contribution in [1.82, 2.24) is 10.2 Å². The molecular formula is C27H29ClFN3O4S. The zero-order valence-electron chi connectivity index (χ0n) is 20.8. The smallest absolute Gasteiger partial charge is 0.264 e. The summed E-state index contributed by atoms with van der Waals surface area (Å²) in [6, 6.07) is 18.5. The Morgan fingerprint density at radius 3 is 2.11 bits per heavy atom. The lowest BCUT2D eigenvalue weighted by molar-refractivity contribution is -0.139. The van der Waals surface area contributed by atoms with E-state index in [0.29, 0.717) is 5.02 Å². The van der Waals surface area contributed by atoms with Crippen molar-refractivity contribution < 1.29 is 22.4 Å². The lowest BCUT2D eigenvalue weighted by Crippen LogP contribution is -2.52. The fourth-order valence-corrected chi connectivity index (χ4v) is 5.21. The molecule has 3 aromatic rings. The first kappa shape index (κ1) is 28.1. The molecule has 0 radical (unpaired) electrons. The first-order valence-corrected chi connectivity index (χ1v) is 13.5. The van der Waals surface area contributed by atoms with E-state index in [-0.39, 0.29) is 28.7 Å². The van der Waals surface area contributed by atoms with Crippen LogP contribution in [0.25, 0.3) is 0 Å². The topological polar surface area (TPSA) is 86.8 Å². The van der Waals surface area contributed by atoms with Crippen LogP contribution in [-0.4, -0.2) is 43.8 Å². The fourth-order valence-electron chi connectivity index (χ4n) is 3.65. The molecule has 1 N–H and O–H groups in total. The van der Waals surface area contributed by atoms with Gasteiger partial charge in [-0.3, -0.25) is 13.9 Å². The Balaban J connectivity index is 2.02. The highest BCUT2D eigenvalue weighted by Gasteiger charge is 2.33. The molecule has 0 fully saturated rings. The van der Waals surface area contributed by atoms with Gasteiger partial charge >= 0.3 is 0 Å². The maximum Gasteiger partial charge on any atom is 0.264 e. The molecule has 0 aliphatic heterocycles. The summed E-state index contributed by atoms with van der Waals surface area (Å²) in [5, 5.41) is 3.15. The van der Waals surface area contributed by atoms with Gasteiger partial charge in [0.25, 0.3) is 10.0 Å². The minimum atomic E-state index is -4.17. The van der Waals surface area contributed by atoms with E-state index in [0.717, 1.165) is 4.31 Å². The molecule has 0 saturated heterocycles. The van der Waals surface area contributed by atoms with E-state index in [1.165, 1.54) is 66.4 Å². The third kappa shape index (κ3) is 7.08. The lowest BCUT2D eigenvalue weighted by Gasteiger charge is -2.32. The van der Waals surface area contributed by atoms with Crippen molar-refractivity contribution in [2.45, 2.75) is 44.3 Å². The van der Waals surface area contributed by atoms with Crippen LogP contribution in [0.2, 0.25) is 5.02 Å². The highest BCUT2D eigenvalue weighted by atomic mass is 35.5. The van der Waals surface area contributed by atoms with Crippen LogP contribution in [0.15, 0.2) is 83.8 Å². The van der Waals surface area contributed by atoms with Gasteiger partial charge in [-0.1, -0.05) is 48.0 Å². The summed E-state index contributed by atoms with van der Waals surface area (Å²) < 4.78 is 42.7. The number of amides is 2. The van der Waals surface area contributed by atoms with E-state index in [1.807, 2.05) is 0 Å². The normalized spacial score (nSPS) is 12.2. The van der Waals surface area contributed by atoms with E-state index in [4.69, 9.17) is 11.6 Å². The number of nitrogens with zero attached hydrogens (tertiary/aromatic N) is 2. The number of benzene rings is 3. The summed E-state index contributed by atoms with van der Waals surface area (Å²) in [6.45, 7) is 4.24. The number of anilines is 1. The zero-order chi connectivity index (χ0) is 27.2. The van der Waals surface area contributed by atoms with Gasteiger partial charge in [0.2, 0.25) is 11.8 Å². The summed E-state index contributed by atoms with van der Waals surface area (Å²) in [4.78, 5) is 27.7. The number of hydrogen-bond acceptors (Lipinski definition) is 4. The first-order valence-electron chi connectivity index (χ1n) is 11.7. The molecule has 0 heterocycles. The Bertz CT molecular complexity index is 1340. The SMILES string of the molecule is CC(C)NC(=O)C(C)N(Cc1ccccc1F)C(=O)CN(c1ccc(Cl)cc1)S(=O)(=O)c1ccccc1. The van der Waals surface area contributed by atoms with Crippen LogP contribution >= 0.6 is 11.6 Å². The third-order valence-electron chi connectivity index (χ3n) is 5.62. The molecule has 0 aliphatic carbocycles. The molecular weight excluding hydrogens is 517 g/mol. The molecule has 3 rings (SSSR count).